The summed E-state index contributed by atoms with van der Waals surface area (Å²) in [7, 11) is 0. The SMILES string of the molecule is CCCCOc1cccc(O)c1Oc1ccccc1. The lowest BCUT2D eigenvalue weighted by atomic mass is 10.3. The summed E-state index contributed by atoms with van der Waals surface area (Å²) in [5, 5.41) is 9.90. The highest BCUT2D eigenvalue weighted by atomic mass is 16.5. The van der Waals surface area contributed by atoms with Crippen LogP contribution in [0.5, 0.6) is 23.0 Å². The minimum Gasteiger partial charge on any atom is -0.504 e. The number of benzene rings is 2. The van der Waals surface area contributed by atoms with Crippen LogP contribution in [-0.2, 0) is 0 Å². The number of rotatable bonds is 6. The molecule has 0 saturated heterocycles. The van der Waals surface area contributed by atoms with Crippen molar-refractivity contribution in [2.45, 2.75) is 19.8 Å². The first-order valence-corrected chi connectivity index (χ1v) is 6.49. The Balaban J connectivity index is 2.18. The fraction of sp³-hybridized carbons (Fsp3) is 0.250. The van der Waals surface area contributed by atoms with E-state index in [0.29, 0.717) is 23.9 Å². The summed E-state index contributed by atoms with van der Waals surface area (Å²) >= 11 is 0. The van der Waals surface area contributed by atoms with Crippen LogP contribution < -0.4 is 9.47 Å². The van der Waals surface area contributed by atoms with E-state index in [1.165, 1.54) is 0 Å². The molecule has 2 aromatic rings. The Morgan fingerprint density at radius 1 is 1.00 bits per heavy atom. The Kier molecular flexibility index (Phi) is 4.67. The van der Waals surface area contributed by atoms with Gasteiger partial charge in [0.15, 0.2) is 11.5 Å². The first-order valence-electron chi connectivity index (χ1n) is 6.49. The zero-order chi connectivity index (χ0) is 13.5. The standard InChI is InChI=1S/C16H18O3/c1-2-3-12-18-15-11-7-10-14(17)16(15)19-13-8-5-4-6-9-13/h4-11,17H,2-3,12H2,1H3. The molecule has 2 rings (SSSR count). The number of aromatic hydroxyl groups is 1. The Morgan fingerprint density at radius 3 is 2.53 bits per heavy atom. The van der Waals surface area contributed by atoms with Gasteiger partial charge in [0.05, 0.1) is 6.61 Å². The molecule has 0 saturated carbocycles. The van der Waals surface area contributed by atoms with E-state index in [1.807, 2.05) is 30.3 Å². The van der Waals surface area contributed by atoms with Gasteiger partial charge in [-0.3, -0.25) is 0 Å². The zero-order valence-corrected chi connectivity index (χ0v) is 11.0. The first-order chi connectivity index (χ1) is 9.31. The maximum Gasteiger partial charge on any atom is 0.210 e. The molecule has 0 spiro atoms. The van der Waals surface area contributed by atoms with Gasteiger partial charge in [0.2, 0.25) is 5.75 Å². The molecule has 0 fully saturated rings. The van der Waals surface area contributed by atoms with Crippen molar-refractivity contribution in [2.75, 3.05) is 6.61 Å². The fourth-order valence-corrected chi connectivity index (χ4v) is 1.65. The Hall–Kier alpha value is -2.16. The number of phenols is 1. The maximum atomic E-state index is 9.90. The van der Waals surface area contributed by atoms with Crippen molar-refractivity contribution in [3.8, 4) is 23.0 Å². The average Bonchev–Trinajstić information content (AvgIpc) is 2.44. The number of phenolic OH excluding ortho intramolecular Hbond substituents is 1. The van der Waals surface area contributed by atoms with Crippen LogP contribution in [0.2, 0.25) is 0 Å². The van der Waals surface area contributed by atoms with Crippen molar-refractivity contribution >= 4 is 0 Å². The molecule has 0 amide bonds. The van der Waals surface area contributed by atoms with E-state index >= 15 is 0 Å². The van der Waals surface area contributed by atoms with E-state index in [0.717, 1.165) is 12.8 Å². The van der Waals surface area contributed by atoms with Crippen LogP contribution >= 0.6 is 0 Å². The summed E-state index contributed by atoms with van der Waals surface area (Å²) in [6, 6.07) is 14.5. The number of hydrogen-bond acceptors (Lipinski definition) is 3. The van der Waals surface area contributed by atoms with E-state index in [-0.39, 0.29) is 5.75 Å². The predicted octanol–water partition coefficient (Wildman–Crippen LogP) is 4.36. The summed E-state index contributed by atoms with van der Waals surface area (Å²) in [5.74, 6) is 1.68. The first kappa shape index (κ1) is 13.3. The van der Waals surface area contributed by atoms with Gasteiger partial charge in [-0.15, -0.1) is 0 Å². The van der Waals surface area contributed by atoms with Gasteiger partial charge in [-0.05, 0) is 30.7 Å². The summed E-state index contributed by atoms with van der Waals surface area (Å²) in [5.41, 5.74) is 0. The third-order valence-corrected chi connectivity index (χ3v) is 2.68. The van der Waals surface area contributed by atoms with Crippen LogP contribution in [-0.4, -0.2) is 11.7 Å². The van der Waals surface area contributed by atoms with E-state index in [2.05, 4.69) is 6.92 Å². The van der Waals surface area contributed by atoms with E-state index in [1.54, 1.807) is 18.2 Å². The molecule has 3 heteroatoms. The third-order valence-electron chi connectivity index (χ3n) is 2.68. The second-order valence-electron chi connectivity index (χ2n) is 4.22. The molecule has 0 radical (unpaired) electrons. The van der Waals surface area contributed by atoms with Gasteiger partial charge in [0.1, 0.15) is 5.75 Å². The topological polar surface area (TPSA) is 38.7 Å². The van der Waals surface area contributed by atoms with Crippen LogP contribution in [0.15, 0.2) is 48.5 Å². The van der Waals surface area contributed by atoms with Crippen LogP contribution in [0.3, 0.4) is 0 Å². The Bertz CT molecular complexity index is 509. The number of unbranched alkanes of at least 4 members (excludes halogenated alkanes) is 1. The van der Waals surface area contributed by atoms with Crippen LogP contribution in [0.1, 0.15) is 19.8 Å². The lowest BCUT2D eigenvalue weighted by molar-refractivity contribution is 0.290. The summed E-state index contributed by atoms with van der Waals surface area (Å²) < 4.78 is 11.3. The normalized spacial score (nSPS) is 10.2. The molecule has 0 atom stereocenters. The highest BCUT2D eigenvalue weighted by molar-refractivity contribution is 5.52. The second kappa shape index (κ2) is 6.69. The second-order valence-corrected chi connectivity index (χ2v) is 4.22. The van der Waals surface area contributed by atoms with Gasteiger partial charge in [-0.2, -0.15) is 0 Å². The Labute approximate surface area is 113 Å². The molecule has 0 heterocycles. The quantitative estimate of drug-likeness (QED) is 0.782. The van der Waals surface area contributed by atoms with Crippen molar-refractivity contribution in [2.24, 2.45) is 0 Å². The summed E-state index contributed by atoms with van der Waals surface area (Å²) in [4.78, 5) is 0. The summed E-state index contributed by atoms with van der Waals surface area (Å²) in [6.07, 6.45) is 2.04. The van der Waals surface area contributed by atoms with Crippen molar-refractivity contribution in [1.29, 1.82) is 0 Å². The molecule has 0 aliphatic heterocycles. The number of para-hydroxylation sites is 2. The van der Waals surface area contributed by atoms with Crippen LogP contribution in [0.4, 0.5) is 0 Å². The molecule has 100 valence electrons. The number of hydrogen-bond donors (Lipinski definition) is 1. The summed E-state index contributed by atoms with van der Waals surface area (Å²) in [6.45, 7) is 2.72. The highest BCUT2D eigenvalue weighted by Crippen LogP contribution is 2.39. The minimum absolute atomic E-state index is 0.0813. The molecular weight excluding hydrogens is 240 g/mol. The lowest BCUT2D eigenvalue weighted by Gasteiger charge is -2.13. The molecule has 0 aliphatic carbocycles. The molecule has 19 heavy (non-hydrogen) atoms. The smallest absolute Gasteiger partial charge is 0.210 e. The third kappa shape index (κ3) is 3.65. The van der Waals surface area contributed by atoms with Gasteiger partial charge < -0.3 is 14.6 Å². The van der Waals surface area contributed by atoms with Crippen LogP contribution in [0, 0.1) is 0 Å². The predicted molar refractivity (Wildman–Crippen MR) is 75.0 cm³/mol. The largest absolute Gasteiger partial charge is 0.504 e. The molecule has 0 unspecified atom stereocenters. The van der Waals surface area contributed by atoms with Gasteiger partial charge in [0, 0.05) is 0 Å². The number of ether oxygens (including phenoxy) is 2. The van der Waals surface area contributed by atoms with Crippen molar-refractivity contribution < 1.29 is 14.6 Å². The molecule has 0 aliphatic rings. The van der Waals surface area contributed by atoms with Gasteiger partial charge in [-0.1, -0.05) is 37.6 Å². The minimum atomic E-state index is 0.0813. The van der Waals surface area contributed by atoms with Crippen molar-refractivity contribution in [1.82, 2.24) is 0 Å². The van der Waals surface area contributed by atoms with Crippen molar-refractivity contribution in [3.05, 3.63) is 48.5 Å². The van der Waals surface area contributed by atoms with E-state index in [9.17, 15) is 5.11 Å². The Morgan fingerprint density at radius 2 is 1.79 bits per heavy atom. The lowest BCUT2D eigenvalue weighted by Crippen LogP contribution is -1.98. The van der Waals surface area contributed by atoms with Gasteiger partial charge in [0.25, 0.3) is 0 Å². The molecule has 1 N–H and O–H groups in total. The molecule has 3 nitrogen and oxygen atoms in total. The average molecular weight is 258 g/mol. The van der Waals surface area contributed by atoms with Crippen molar-refractivity contribution in [3.63, 3.8) is 0 Å². The monoisotopic (exact) mass is 258 g/mol. The fourth-order valence-electron chi connectivity index (χ4n) is 1.65. The maximum absolute atomic E-state index is 9.90. The van der Waals surface area contributed by atoms with Crippen LogP contribution in [0.25, 0.3) is 0 Å². The molecule has 0 bridgehead atoms. The van der Waals surface area contributed by atoms with Gasteiger partial charge >= 0.3 is 0 Å². The highest BCUT2D eigenvalue weighted by Gasteiger charge is 2.11. The molecule has 0 aromatic heterocycles. The molecular formula is C16H18O3. The van der Waals surface area contributed by atoms with Gasteiger partial charge in [-0.25, -0.2) is 0 Å². The van der Waals surface area contributed by atoms with E-state index < -0.39 is 0 Å². The molecule has 2 aromatic carbocycles. The van der Waals surface area contributed by atoms with E-state index in [4.69, 9.17) is 9.47 Å². The zero-order valence-electron chi connectivity index (χ0n) is 11.0.